The highest BCUT2D eigenvalue weighted by atomic mass is 32.2. The van der Waals surface area contributed by atoms with Crippen LogP contribution in [0.25, 0.3) is 0 Å². The molecule has 0 unspecified atom stereocenters. The van der Waals surface area contributed by atoms with Crippen LogP contribution in [0.3, 0.4) is 0 Å². The van der Waals surface area contributed by atoms with Crippen molar-refractivity contribution in [2.24, 2.45) is 0 Å². The van der Waals surface area contributed by atoms with E-state index in [1.54, 1.807) is 30.9 Å². The molecule has 3 aromatic rings. The van der Waals surface area contributed by atoms with E-state index in [0.29, 0.717) is 29.6 Å². The molecule has 1 aliphatic rings. The third-order valence-corrected chi connectivity index (χ3v) is 7.36. The van der Waals surface area contributed by atoms with Crippen LogP contribution in [-0.2, 0) is 17.1 Å². The van der Waals surface area contributed by atoms with Crippen molar-refractivity contribution in [1.82, 2.24) is 14.9 Å². The minimum absolute atomic E-state index is 0.0313. The van der Waals surface area contributed by atoms with Gasteiger partial charge in [0.25, 0.3) is 5.91 Å². The van der Waals surface area contributed by atoms with Crippen LogP contribution < -0.4 is 14.5 Å². The second-order valence-corrected chi connectivity index (χ2v) is 9.86. The first kappa shape index (κ1) is 26.8. The smallest absolute Gasteiger partial charge is 0.253 e. The van der Waals surface area contributed by atoms with Gasteiger partial charge in [0.05, 0.1) is 19.4 Å². The van der Waals surface area contributed by atoms with Crippen LogP contribution in [0.2, 0.25) is 0 Å². The van der Waals surface area contributed by atoms with E-state index in [4.69, 9.17) is 19.4 Å². The zero-order chi connectivity index (χ0) is 26.2. The molecule has 0 spiro atoms. The number of carbonyl (C=O) groups is 1. The van der Waals surface area contributed by atoms with E-state index in [1.807, 2.05) is 56.4 Å². The molecule has 2 heterocycles. The summed E-state index contributed by atoms with van der Waals surface area (Å²) in [6.45, 7) is 6.63. The number of aromatic nitrogens is 2. The van der Waals surface area contributed by atoms with Gasteiger partial charge in [0.1, 0.15) is 11.6 Å². The van der Waals surface area contributed by atoms with Crippen LogP contribution in [0, 0.1) is 0 Å². The Morgan fingerprint density at radius 1 is 1.00 bits per heavy atom. The van der Waals surface area contributed by atoms with E-state index in [0.717, 1.165) is 49.0 Å². The molecule has 0 bridgehead atoms. The lowest BCUT2D eigenvalue weighted by atomic mass is 10.1. The van der Waals surface area contributed by atoms with Crippen LogP contribution in [-0.4, -0.2) is 74.8 Å². The highest BCUT2D eigenvalue weighted by Crippen LogP contribution is 2.26. The molecule has 196 valence electrons. The Morgan fingerprint density at radius 2 is 1.73 bits per heavy atom. The first-order valence-electron chi connectivity index (χ1n) is 12.5. The van der Waals surface area contributed by atoms with Crippen LogP contribution >= 0.6 is 11.8 Å². The second-order valence-electron chi connectivity index (χ2n) is 8.91. The number of anilines is 2. The largest absolute Gasteiger partial charge is 0.497 e. The lowest BCUT2D eigenvalue weighted by Gasteiger charge is -2.37. The normalized spacial score (nSPS) is 13.5. The Hall–Kier alpha value is -3.30. The van der Waals surface area contributed by atoms with E-state index in [2.05, 4.69) is 21.9 Å². The van der Waals surface area contributed by atoms with Crippen molar-refractivity contribution in [2.45, 2.75) is 24.4 Å². The number of hydrogen-bond donors (Lipinski definition) is 0. The van der Waals surface area contributed by atoms with Gasteiger partial charge in [0.15, 0.2) is 5.16 Å². The zero-order valence-electron chi connectivity index (χ0n) is 22.0. The fourth-order valence-corrected chi connectivity index (χ4v) is 5.02. The van der Waals surface area contributed by atoms with Gasteiger partial charge in [-0.05, 0) is 48.9 Å². The number of benzene rings is 2. The Bertz CT molecular complexity index is 1180. The predicted octanol–water partition coefficient (Wildman–Crippen LogP) is 4.34. The fraction of sp³-hybridized carbons (Fsp3) is 0.393. The molecule has 9 heteroatoms. The zero-order valence-corrected chi connectivity index (χ0v) is 22.8. The summed E-state index contributed by atoms with van der Waals surface area (Å²) in [5.74, 6) is 2.50. The van der Waals surface area contributed by atoms with E-state index < -0.39 is 0 Å². The third-order valence-electron chi connectivity index (χ3n) is 6.44. The number of amides is 1. The average Bonchev–Trinajstić information content (AvgIpc) is 2.95. The van der Waals surface area contributed by atoms with Gasteiger partial charge in [-0.1, -0.05) is 23.9 Å². The van der Waals surface area contributed by atoms with E-state index in [9.17, 15) is 4.79 Å². The number of nitrogens with zero attached hydrogens (tertiary/aromatic N) is 5. The highest BCUT2D eigenvalue weighted by Gasteiger charge is 2.20. The van der Waals surface area contributed by atoms with Crippen molar-refractivity contribution in [2.75, 3.05) is 63.8 Å². The first-order valence-corrected chi connectivity index (χ1v) is 13.5. The molecule has 8 nitrogen and oxygen atoms in total. The highest BCUT2D eigenvalue weighted by molar-refractivity contribution is 7.98. The molecule has 4 rings (SSSR count). The van der Waals surface area contributed by atoms with E-state index in [1.165, 1.54) is 5.69 Å². The molecule has 37 heavy (non-hydrogen) atoms. The Labute approximate surface area is 223 Å². The number of carbonyl (C=O) groups excluding carboxylic acids is 1. The molecule has 0 N–H and O–H groups in total. The molecule has 1 fully saturated rings. The second kappa shape index (κ2) is 12.8. The quantitative estimate of drug-likeness (QED) is 0.288. The van der Waals surface area contributed by atoms with Crippen molar-refractivity contribution < 1.29 is 14.3 Å². The number of hydrogen-bond acceptors (Lipinski definition) is 8. The summed E-state index contributed by atoms with van der Waals surface area (Å²) in [5, 5.41) is 0.713. The summed E-state index contributed by atoms with van der Waals surface area (Å²) >= 11 is 1.58. The Morgan fingerprint density at radius 3 is 2.41 bits per heavy atom. The number of methoxy groups -OCH3 is 2. The molecule has 2 aromatic carbocycles. The maximum absolute atomic E-state index is 12.5. The SMILES string of the molecule is CCN(C)C(=O)c1cccc(CSc2nc(COC)cc(N3CCN(c4ccc(OC)cc4)CC3)n2)c1. The van der Waals surface area contributed by atoms with Gasteiger partial charge < -0.3 is 24.2 Å². The monoisotopic (exact) mass is 521 g/mol. The van der Waals surface area contributed by atoms with Gasteiger partial charge in [-0.25, -0.2) is 9.97 Å². The molecule has 0 atom stereocenters. The van der Waals surface area contributed by atoms with Crippen molar-refractivity contribution in [3.05, 3.63) is 71.4 Å². The maximum Gasteiger partial charge on any atom is 0.253 e. The summed E-state index contributed by atoms with van der Waals surface area (Å²) in [5.41, 5.74) is 3.83. The molecular weight excluding hydrogens is 486 g/mol. The summed E-state index contributed by atoms with van der Waals surface area (Å²) in [4.78, 5) is 28.6. The summed E-state index contributed by atoms with van der Waals surface area (Å²) in [6, 6.07) is 18.0. The molecule has 1 amide bonds. The minimum atomic E-state index is 0.0313. The number of rotatable bonds is 10. The summed E-state index contributed by atoms with van der Waals surface area (Å²) < 4.78 is 10.7. The molecular formula is C28H35N5O3S. The third kappa shape index (κ3) is 6.93. The summed E-state index contributed by atoms with van der Waals surface area (Å²) in [6.07, 6.45) is 0. The van der Waals surface area contributed by atoms with Crippen LogP contribution in [0.15, 0.2) is 59.8 Å². The van der Waals surface area contributed by atoms with Gasteiger partial charge in [-0.15, -0.1) is 0 Å². The molecule has 1 saturated heterocycles. The van der Waals surface area contributed by atoms with Gasteiger partial charge in [0, 0.05) is 70.0 Å². The first-order chi connectivity index (χ1) is 18.0. The number of piperazine rings is 1. The van der Waals surface area contributed by atoms with Crippen molar-refractivity contribution >= 4 is 29.2 Å². The van der Waals surface area contributed by atoms with Crippen LogP contribution in [0.5, 0.6) is 5.75 Å². The molecule has 0 radical (unpaired) electrons. The predicted molar refractivity (Wildman–Crippen MR) is 149 cm³/mol. The molecule has 0 saturated carbocycles. The molecule has 0 aliphatic carbocycles. The lowest BCUT2D eigenvalue weighted by molar-refractivity contribution is 0.0802. The van der Waals surface area contributed by atoms with E-state index >= 15 is 0 Å². The lowest BCUT2D eigenvalue weighted by Crippen LogP contribution is -2.46. The van der Waals surface area contributed by atoms with Gasteiger partial charge >= 0.3 is 0 Å². The summed E-state index contributed by atoms with van der Waals surface area (Å²) in [7, 11) is 5.18. The molecule has 1 aliphatic heterocycles. The topological polar surface area (TPSA) is 71.0 Å². The van der Waals surface area contributed by atoms with Gasteiger partial charge in [-0.3, -0.25) is 4.79 Å². The maximum atomic E-state index is 12.5. The van der Waals surface area contributed by atoms with Crippen molar-refractivity contribution in [1.29, 1.82) is 0 Å². The average molecular weight is 522 g/mol. The van der Waals surface area contributed by atoms with Crippen LogP contribution in [0.1, 0.15) is 28.5 Å². The molecule has 1 aromatic heterocycles. The van der Waals surface area contributed by atoms with Gasteiger partial charge in [-0.2, -0.15) is 0 Å². The van der Waals surface area contributed by atoms with Crippen molar-refractivity contribution in [3.63, 3.8) is 0 Å². The van der Waals surface area contributed by atoms with Crippen molar-refractivity contribution in [3.8, 4) is 5.75 Å². The fourth-order valence-electron chi connectivity index (χ4n) is 4.20. The Kier molecular flexibility index (Phi) is 9.24. The van der Waals surface area contributed by atoms with E-state index in [-0.39, 0.29) is 5.91 Å². The minimum Gasteiger partial charge on any atom is -0.497 e. The van der Waals surface area contributed by atoms with Crippen LogP contribution in [0.4, 0.5) is 11.5 Å². The Balaban J connectivity index is 1.43. The standard InChI is InChI=1S/C28H35N5O3S/c1-5-31(2)27(34)22-8-6-7-21(17-22)20-37-28-29-23(19-35-3)18-26(30-28)33-15-13-32(14-16-33)24-9-11-25(36-4)12-10-24/h6-12,17-18H,5,13-16,19-20H2,1-4H3. The number of thioether (sulfide) groups is 1. The number of ether oxygens (including phenoxy) is 2. The van der Waals surface area contributed by atoms with Gasteiger partial charge in [0.2, 0.25) is 0 Å².